The largest absolute Gasteiger partial charge is 0.443 e. The van der Waals surface area contributed by atoms with Crippen LogP contribution in [0.15, 0.2) is 41.5 Å². The average molecular weight is 213 g/mol. The first-order valence-electron chi connectivity index (χ1n) is 4.70. The Kier molecular flexibility index (Phi) is 1.83. The minimum atomic E-state index is 0.446. The van der Waals surface area contributed by atoms with Crippen LogP contribution >= 0.6 is 0 Å². The van der Waals surface area contributed by atoms with Gasteiger partial charge in [0.15, 0.2) is 6.29 Å². The summed E-state index contributed by atoms with van der Waals surface area (Å²) in [6, 6.07) is 1.75. The minimum Gasteiger partial charge on any atom is -0.443 e. The first-order chi connectivity index (χ1) is 7.88. The lowest BCUT2D eigenvalue weighted by Crippen LogP contribution is -1.89. The van der Waals surface area contributed by atoms with Crippen molar-refractivity contribution in [2.24, 2.45) is 0 Å². The Hall–Kier alpha value is -2.43. The van der Waals surface area contributed by atoms with Gasteiger partial charge in [0.2, 0.25) is 5.89 Å². The molecule has 0 aliphatic carbocycles. The number of rotatable bonds is 2. The van der Waals surface area contributed by atoms with E-state index < -0.39 is 0 Å². The maximum Gasteiger partial charge on any atom is 0.247 e. The fourth-order valence-electron chi connectivity index (χ4n) is 1.63. The van der Waals surface area contributed by atoms with Crippen molar-refractivity contribution in [2.45, 2.75) is 0 Å². The van der Waals surface area contributed by atoms with E-state index in [9.17, 15) is 4.79 Å². The van der Waals surface area contributed by atoms with E-state index in [0.717, 1.165) is 11.8 Å². The molecule has 0 N–H and O–H groups in total. The maximum absolute atomic E-state index is 10.7. The highest BCUT2D eigenvalue weighted by Crippen LogP contribution is 2.21. The predicted molar refractivity (Wildman–Crippen MR) is 56.1 cm³/mol. The second-order valence-electron chi connectivity index (χ2n) is 3.30. The Balaban J connectivity index is 2.32. The third kappa shape index (κ3) is 1.22. The molecule has 0 amide bonds. The standard InChI is InChI=1S/C11H7N3O2/c15-7-8-5-9-10(11-13-2-4-16-11)12-1-3-14(9)6-8/h1-7H. The highest BCUT2D eigenvalue weighted by molar-refractivity contribution is 5.82. The van der Waals surface area contributed by atoms with E-state index in [1.165, 1.54) is 6.26 Å². The molecule has 5 nitrogen and oxygen atoms in total. The maximum atomic E-state index is 10.7. The normalized spacial score (nSPS) is 10.8. The summed E-state index contributed by atoms with van der Waals surface area (Å²) >= 11 is 0. The topological polar surface area (TPSA) is 60.4 Å². The zero-order chi connectivity index (χ0) is 11.0. The van der Waals surface area contributed by atoms with Crippen LogP contribution < -0.4 is 0 Å². The molecule has 0 aliphatic heterocycles. The number of carbonyl (C=O) groups is 1. The summed E-state index contributed by atoms with van der Waals surface area (Å²) in [5.41, 5.74) is 2.02. The van der Waals surface area contributed by atoms with E-state index in [4.69, 9.17) is 4.42 Å². The van der Waals surface area contributed by atoms with Crippen LogP contribution in [-0.4, -0.2) is 20.7 Å². The number of fused-ring (bicyclic) bond motifs is 1. The van der Waals surface area contributed by atoms with Crippen LogP contribution in [0.25, 0.3) is 17.1 Å². The lowest BCUT2D eigenvalue weighted by atomic mass is 10.3. The van der Waals surface area contributed by atoms with Crippen molar-refractivity contribution >= 4 is 11.8 Å². The van der Waals surface area contributed by atoms with Gasteiger partial charge < -0.3 is 8.82 Å². The van der Waals surface area contributed by atoms with Gasteiger partial charge in [-0.2, -0.15) is 0 Å². The van der Waals surface area contributed by atoms with E-state index in [2.05, 4.69) is 9.97 Å². The third-order valence-electron chi connectivity index (χ3n) is 2.31. The van der Waals surface area contributed by atoms with Gasteiger partial charge in [0.1, 0.15) is 12.0 Å². The molecule has 78 valence electrons. The fourth-order valence-corrected chi connectivity index (χ4v) is 1.63. The van der Waals surface area contributed by atoms with Gasteiger partial charge in [0, 0.05) is 24.2 Å². The molecule has 16 heavy (non-hydrogen) atoms. The van der Waals surface area contributed by atoms with Gasteiger partial charge in [-0.3, -0.25) is 4.79 Å². The zero-order valence-electron chi connectivity index (χ0n) is 8.20. The molecule has 0 unspecified atom stereocenters. The second-order valence-corrected chi connectivity index (χ2v) is 3.30. The molecule has 3 rings (SSSR count). The quantitative estimate of drug-likeness (QED) is 0.609. The molecule has 0 radical (unpaired) electrons. The Morgan fingerprint density at radius 3 is 3.00 bits per heavy atom. The molecule has 0 bridgehead atoms. The number of carbonyl (C=O) groups excluding carboxylic acids is 1. The number of hydrogen-bond donors (Lipinski definition) is 0. The zero-order valence-corrected chi connectivity index (χ0v) is 8.20. The minimum absolute atomic E-state index is 0.446. The lowest BCUT2D eigenvalue weighted by Gasteiger charge is -1.98. The van der Waals surface area contributed by atoms with Crippen molar-refractivity contribution in [1.29, 1.82) is 0 Å². The first kappa shape index (κ1) is 8.84. The van der Waals surface area contributed by atoms with E-state index in [1.54, 1.807) is 30.9 Å². The predicted octanol–water partition coefficient (Wildman–Crippen LogP) is 1.80. The van der Waals surface area contributed by atoms with Gasteiger partial charge >= 0.3 is 0 Å². The van der Waals surface area contributed by atoms with E-state index in [-0.39, 0.29) is 0 Å². The van der Waals surface area contributed by atoms with Gasteiger partial charge in [-0.15, -0.1) is 0 Å². The summed E-state index contributed by atoms with van der Waals surface area (Å²) in [7, 11) is 0. The van der Waals surface area contributed by atoms with Crippen molar-refractivity contribution in [2.75, 3.05) is 0 Å². The monoisotopic (exact) mass is 213 g/mol. The molecule has 0 aliphatic rings. The van der Waals surface area contributed by atoms with Gasteiger partial charge in [-0.25, -0.2) is 9.97 Å². The van der Waals surface area contributed by atoms with Crippen molar-refractivity contribution in [3.05, 3.63) is 42.7 Å². The van der Waals surface area contributed by atoms with Crippen LogP contribution in [0.4, 0.5) is 0 Å². The van der Waals surface area contributed by atoms with Crippen LogP contribution in [0.1, 0.15) is 10.4 Å². The molecule has 0 spiro atoms. The summed E-state index contributed by atoms with van der Waals surface area (Å²) in [5.74, 6) is 0.446. The Morgan fingerprint density at radius 1 is 1.31 bits per heavy atom. The van der Waals surface area contributed by atoms with Crippen molar-refractivity contribution in [3.63, 3.8) is 0 Å². The molecular formula is C11H7N3O2. The average Bonchev–Trinajstić information content (AvgIpc) is 2.97. The molecule has 0 aromatic carbocycles. The molecule has 3 heterocycles. The Labute approximate surface area is 90.4 Å². The summed E-state index contributed by atoms with van der Waals surface area (Å²) in [6.45, 7) is 0. The van der Waals surface area contributed by atoms with Gasteiger partial charge in [0.25, 0.3) is 0 Å². The van der Waals surface area contributed by atoms with Crippen molar-refractivity contribution in [3.8, 4) is 11.6 Å². The molecule has 5 heteroatoms. The molecule has 0 saturated carbocycles. The SMILES string of the molecule is O=Cc1cc2c(-c3ncco3)nccn2c1. The van der Waals surface area contributed by atoms with Gasteiger partial charge in [-0.1, -0.05) is 0 Å². The van der Waals surface area contributed by atoms with E-state index >= 15 is 0 Å². The van der Waals surface area contributed by atoms with E-state index in [1.807, 2.05) is 4.40 Å². The van der Waals surface area contributed by atoms with E-state index in [0.29, 0.717) is 17.1 Å². The van der Waals surface area contributed by atoms with Crippen LogP contribution in [-0.2, 0) is 0 Å². The van der Waals surface area contributed by atoms with Crippen molar-refractivity contribution in [1.82, 2.24) is 14.4 Å². The van der Waals surface area contributed by atoms with Crippen LogP contribution in [0, 0.1) is 0 Å². The second kappa shape index (κ2) is 3.30. The molecular weight excluding hydrogens is 206 g/mol. The van der Waals surface area contributed by atoms with Crippen LogP contribution in [0.3, 0.4) is 0 Å². The third-order valence-corrected chi connectivity index (χ3v) is 2.31. The summed E-state index contributed by atoms with van der Waals surface area (Å²) in [5, 5.41) is 0. The molecule has 0 saturated heterocycles. The molecule has 3 aromatic heterocycles. The van der Waals surface area contributed by atoms with Crippen LogP contribution in [0.2, 0.25) is 0 Å². The summed E-state index contributed by atoms with van der Waals surface area (Å²) in [4.78, 5) is 18.9. The number of nitrogens with zero attached hydrogens (tertiary/aromatic N) is 3. The Bertz CT molecular complexity index is 640. The summed E-state index contributed by atoms with van der Waals surface area (Å²) < 4.78 is 7.01. The lowest BCUT2D eigenvalue weighted by molar-refractivity contribution is 0.112. The molecule has 3 aromatic rings. The summed E-state index contributed by atoms with van der Waals surface area (Å²) in [6.07, 6.45) is 8.99. The van der Waals surface area contributed by atoms with Crippen LogP contribution in [0.5, 0.6) is 0 Å². The molecule has 0 atom stereocenters. The molecule has 0 fully saturated rings. The first-order valence-corrected chi connectivity index (χ1v) is 4.70. The van der Waals surface area contributed by atoms with Crippen molar-refractivity contribution < 1.29 is 9.21 Å². The Morgan fingerprint density at radius 2 is 2.25 bits per heavy atom. The number of hydrogen-bond acceptors (Lipinski definition) is 4. The number of aldehydes is 1. The fraction of sp³-hybridized carbons (Fsp3) is 0. The van der Waals surface area contributed by atoms with Gasteiger partial charge in [-0.05, 0) is 6.07 Å². The number of oxazole rings is 1. The number of aromatic nitrogens is 3. The highest BCUT2D eigenvalue weighted by atomic mass is 16.3. The highest BCUT2D eigenvalue weighted by Gasteiger charge is 2.10. The smallest absolute Gasteiger partial charge is 0.247 e. The van der Waals surface area contributed by atoms with Gasteiger partial charge in [0.05, 0.1) is 11.7 Å².